The molecule has 1 aromatic rings. The first-order valence-electron chi connectivity index (χ1n) is 5.51. The van der Waals surface area contributed by atoms with Crippen LogP contribution in [0.4, 0.5) is 10.5 Å². The summed E-state index contributed by atoms with van der Waals surface area (Å²) in [7, 11) is 0. The minimum absolute atomic E-state index is 0.195. The number of nitrogens with one attached hydrogen (secondary N) is 1. The number of anilines is 1. The molecular formula is C12H12Cl2N2O2. The summed E-state index contributed by atoms with van der Waals surface area (Å²) in [4.78, 5) is 25.1. The summed E-state index contributed by atoms with van der Waals surface area (Å²) >= 11 is 11.9. The summed E-state index contributed by atoms with van der Waals surface area (Å²) in [6, 6.07) is 3.99. The van der Waals surface area contributed by atoms with Gasteiger partial charge in [0.15, 0.2) is 0 Å². The number of benzene rings is 1. The van der Waals surface area contributed by atoms with Crippen molar-refractivity contribution in [2.45, 2.75) is 19.9 Å². The van der Waals surface area contributed by atoms with Crippen LogP contribution in [0.3, 0.4) is 0 Å². The molecule has 0 aliphatic carbocycles. The smallest absolute Gasteiger partial charge is 0.329 e. The molecule has 1 N–H and O–H groups in total. The van der Waals surface area contributed by atoms with Crippen LogP contribution in [0.25, 0.3) is 0 Å². The van der Waals surface area contributed by atoms with E-state index in [1.54, 1.807) is 26.0 Å². The molecule has 2 unspecified atom stereocenters. The van der Waals surface area contributed by atoms with Crippen LogP contribution in [0.1, 0.15) is 13.8 Å². The summed E-state index contributed by atoms with van der Waals surface area (Å²) in [5.74, 6) is -0.590. The van der Waals surface area contributed by atoms with Gasteiger partial charge < -0.3 is 5.32 Å². The zero-order valence-electron chi connectivity index (χ0n) is 9.91. The summed E-state index contributed by atoms with van der Waals surface area (Å²) < 4.78 is 0. The first kappa shape index (κ1) is 13.2. The third-order valence-corrected chi connectivity index (χ3v) is 3.62. The van der Waals surface area contributed by atoms with Gasteiger partial charge in [-0.2, -0.15) is 0 Å². The Bertz CT molecular complexity index is 519. The second kappa shape index (κ2) is 4.78. The van der Waals surface area contributed by atoms with Crippen LogP contribution in [0.15, 0.2) is 18.2 Å². The van der Waals surface area contributed by atoms with E-state index < -0.39 is 6.03 Å². The van der Waals surface area contributed by atoms with E-state index in [1.165, 1.54) is 6.07 Å². The lowest BCUT2D eigenvalue weighted by atomic mass is 9.99. The molecule has 2 atom stereocenters. The van der Waals surface area contributed by atoms with Gasteiger partial charge in [-0.1, -0.05) is 30.1 Å². The average molecular weight is 287 g/mol. The Kier molecular flexibility index (Phi) is 3.50. The molecule has 2 rings (SSSR count). The van der Waals surface area contributed by atoms with Crippen molar-refractivity contribution < 1.29 is 9.59 Å². The Morgan fingerprint density at radius 2 is 1.89 bits per heavy atom. The van der Waals surface area contributed by atoms with Gasteiger partial charge in [0.1, 0.15) is 0 Å². The highest BCUT2D eigenvalue weighted by atomic mass is 35.5. The van der Waals surface area contributed by atoms with E-state index in [-0.39, 0.29) is 17.9 Å². The van der Waals surface area contributed by atoms with Gasteiger partial charge in [0.25, 0.3) is 0 Å². The number of carbonyl (C=O) groups excluding carboxylic acids is 2. The van der Waals surface area contributed by atoms with Crippen LogP contribution in [-0.4, -0.2) is 18.0 Å². The van der Waals surface area contributed by atoms with Crippen LogP contribution in [0.2, 0.25) is 10.0 Å². The molecule has 18 heavy (non-hydrogen) atoms. The normalized spacial score (nSPS) is 24.1. The summed E-state index contributed by atoms with van der Waals surface area (Å²) in [6.45, 7) is 3.55. The lowest BCUT2D eigenvalue weighted by Crippen LogP contribution is -2.58. The van der Waals surface area contributed by atoms with Crippen molar-refractivity contribution in [2.24, 2.45) is 5.92 Å². The summed E-state index contributed by atoms with van der Waals surface area (Å²) in [5, 5.41) is 3.45. The summed E-state index contributed by atoms with van der Waals surface area (Å²) in [5.41, 5.74) is 0.311. The van der Waals surface area contributed by atoms with Gasteiger partial charge in [0.05, 0.1) is 16.6 Å². The number of urea groups is 1. The SMILES string of the molecule is CC1NC(=O)N(c2cc(Cl)ccc2Cl)C(=O)C1C. The number of imide groups is 1. The lowest BCUT2D eigenvalue weighted by Gasteiger charge is -2.34. The molecule has 1 aliphatic heterocycles. The van der Waals surface area contributed by atoms with Crippen molar-refractivity contribution >= 4 is 40.8 Å². The standard InChI is InChI=1S/C12H12Cl2N2O2/c1-6-7(2)15-12(18)16(11(6)17)10-5-8(13)3-4-9(10)14/h3-7H,1-2H3,(H,15,18). The van der Waals surface area contributed by atoms with E-state index in [9.17, 15) is 9.59 Å². The maximum atomic E-state index is 12.2. The molecular weight excluding hydrogens is 275 g/mol. The summed E-state index contributed by atoms with van der Waals surface area (Å²) in [6.07, 6.45) is 0. The Morgan fingerprint density at radius 1 is 1.22 bits per heavy atom. The second-order valence-corrected chi connectivity index (χ2v) is 5.14. The van der Waals surface area contributed by atoms with Gasteiger partial charge in [0.2, 0.25) is 5.91 Å². The predicted molar refractivity (Wildman–Crippen MR) is 71.1 cm³/mol. The highest BCUT2D eigenvalue weighted by molar-refractivity contribution is 6.37. The molecule has 0 spiro atoms. The first-order valence-corrected chi connectivity index (χ1v) is 6.27. The van der Waals surface area contributed by atoms with Gasteiger partial charge in [0, 0.05) is 11.1 Å². The van der Waals surface area contributed by atoms with E-state index in [0.717, 1.165) is 4.90 Å². The van der Waals surface area contributed by atoms with Crippen LogP contribution >= 0.6 is 23.2 Å². The minimum atomic E-state index is -0.477. The van der Waals surface area contributed by atoms with Crippen LogP contribution < -0.4 is 10.2 Å². The van der Waals surface area contributed by atoms with Crippen LogP contribution in [0, 0.1) is 5.92 Å². The third kappa shape index (κ3) is 2.18. The van der Waals surface area contributed by atoms with Crippen molar-refractivity contribution in [1.82, 2.24) is 5.32 Å². The van der Waals surface area contributed by atoms with Crippen molar-refractivity contribution in [3.05, 3.63) is 28.2 Å². The molecule has 1 saturated heterocycles. The number of nitrogens with zero attached hydrogens (tertiary/aromatic N) is 1. The Labute approximate surface area is 115 Å². The highest BCUT2D eigenvalue weighted by Crippen LogP contribution is 2.31. The molecule has 0 radical (unpaired) electrons. The van der Waals surface area contributed by atoms with Crippen molar-refractivity contribution in [2.75, 3.05) is 4.90 Å². The number of rotatable bonds is 1. The lowest BCUT2D eigenvalue weighted by molar-refractivity contribution is -0.122. The molecule has 3 amide bonds. The van der Waals surface area contributed by atoms with E-state index in [1.807, 2.05) is 0 Å². The monoisotopic (exact) mass is 286 g/mol. The highest BCUT2D eigenvalue weighted by Gasteiger charge is 2.37. The van der Waals surface area contributed by atoms with Gasteiger partial charge in [-0.05, 0) is 25.1 Å². The molecule has 1 aliphatic rings. The van der Waals surface area contributed by atoms with Crippen LogP contribution in [0.5, 0.6) is 0 Å². The van der Waals surface area contributed by atoms with Gasteiger partial charge in [-0.3, -0.25) is 4.79 Å². The molecule has 0 aromatic heterocycles. The van der Waals surface area contributed by atoms with E-state index in [4.69, 9.17) is 23.2 Å². The molecule has 4 nitrogen and oxygen atoms in total. The fourth-order valence-corrected chi connectivity index (χ4v) is 2.16. The van der Waals surface area contributed by atoms with Gasteiger partial charge in [-0.25, -0.2) is 9.69 Å². The fraction of sp³-hybridized carbons (Fsp3) is 0.333. The van der Waals surface area contributed by atoms with Gasteiger partial charge >= 0.3 is 6.03 Å². The minimum Gasteiger partial charge on any atom is -0.334 e. The number of carbonyl (C=O) groups is 2. The van der Waals surface area contributed by atoms with Gasteiger partial charge in [-0.15, -0.1) is 0 Å². The zero-order chi connectivity index (χ0) is 13.4. The molecule has 1 heterocycles. The first-order chi connectivity index (χ1) is 8.41. The molecule has 0 bridgehead atoms. The molecule has 1 fully saturated rings. The van der Waals surface area contributed by atoms with Crippen molar-refractivity contribution in [3.8, 4) is 0 Å². The predicted octanol–water partition coefficient (Wildman–Crippen LogP) is 3.07. The molecule has 96 valence electrons. The second-order valence-electron chi connectivity index (χ2n) is 4.30. The maximum absolute atomic E-state index is 12.2. The van der Waals surface area contributed by atoms with E-state index in [2.05, 4.69) is 5.32 Å². The van der Waals surface area contributed by atoms with E-state index in [0.29, 0.717) is 15.7 Å². The number of halogens is 2. The average Bonchev–Trinajstić information content (AvgIpc) is 2.31. The molecule has 1 aromatic carbocycles. The zero-order valence-corrected chi connectivity index (χ0v) is 11.4. The Morgan fingerprint density at radius 3 is 2.56 bits per heavy atom. The largest absolute Gasteiger partial charge is 0.334 e. The van der Waals surface area contributed by atoms with E-state index >= 15 is 0 Å². The number of hydrogen-bond donors (Lipinski definition) is 1. The Hall–Kier alpha value is -1.26. The number of hydrogen-bond acceptors (Lipinski definition) is 2. The molecule has 0 saturated carbocycles. The van der Waals surface area contributed by atoms with Crippen molar-refractivity contribution in [1.29, 1.82) is 0 Å². The maximum Gasteiger partial charge on any atom is 0.329 e. The van der Waals surface area contributed by atoms with Crippen LogP contribution in [-0.2, 0) is 4.79 Å². The number of amides is 3. The Balaban J connectivity index is 2.46. The topological polar surface area (TPSA) is 49.4 Å². The fourth-order valence-electron chi connectivity index (χ4n) is 1.79. The molecule has 6 heteroatoms. The third-order valence-electron chi connectivity index (χ3n) is 3.06. The quantitative estimate of drug-likeness (QED) is 0.863. The van der Waals surface area contributed by atoms with Crippen molar-refractivity contribution in [3.63, 3.8) is 0 Å².